The van der Waals surface area contributed by atoms with Crippen LogP contribution in [0.25, 0.3) is 0 Å². The normalized spacial score (nSPS) is 13.6. The van der Waals surface area contributed by atoms with Gasteiger partial charge in [0, 0.05) is 6.04 Å². The molecule has 1 aromatic rings. The summed E-state index contributed by atoms with van der Waals surface area (Å²) in [6, 6.07) is 6.76. The lowest BCUT2D eigenvalue weighted by molar-refractivity contribution is -0.140. The van der Waals surface area contributed by atoms with Crippen LogP contribution >= 0.6 is 0 Å². The van der Waals surface area contributed by atoms with Gasteiger partial charge in [-0.15, -0.1) is 0 Å². The lowest BCUT2D eigenvalue weighted by Crippen LogP contribution is -2.23. The van der Waals surface area contributed by atoms with Crippen molar-refractivity contribution in [1.82, 2.24) is 5.32 Å². The summed E-state index contributed by atoms with van der Waals surface area (Å²) in [7, 11) is 1.56. The fourth-order valence-corrected chi connectivity index (χ4v) is 1.92. The molecule has 0 saturated heterocycles. The fourth-order valence-electron chi connectivity index (χ4n) is 1.92. The van der Waals surface area contributed by atoms with E-state index in [0.29, 0.717) is 5.56 Å². The molecule has 18 heavy (non-hydrogen) atoms. The van der Waals surface area contributed by atoms with E-state index in [0.717, 1.165) is 19.3 Å². The molecule has 0 aliphatic carbocycles. The molecule has 0 fully saturated rings. The molecule has 0 bridgehead atoms. The zero-order valence-electron chi connectivity index (χ0n) is 10.8. The summed E-state index contributed by atoms with van der Waals surface area (Å²) in [6.45, 7) is 2.12. The number of benzene rings is 1. The molecule has 1 unspecified atom stereocenters. The van der Waals surface area contributed by atoms with Crippen molar-refractivity contribution in [1.29, 1.82) is 0 Å². The minimum atomic E-state index is -4.14. The summed E-state index contributed by atoms with van der Waals surface area (Å²) in [6.07, 6.45) is -1.76. The first kappa shape index (κ1) is 15.0. The van der Waals surface area contributed by atoms with Crippen molar-refractivity contribution in [3.8, 4) is 0 Å². The van der Waals surface area contributed by atoms with E-state index < -0.39 is 18.6 Å². The Morgan fingerprint density at radius 3 is 2.22 bits per heavy atom. The Kier molecular flexibility index (Phi) is 5.66. The Labute approximate surface area is 106 Å². The minimum Gasteiger partial charge on any atom is -0.313 e. The molecular weight excluding hydrogens is 239 g/mol. The molecular formula is C14H20F3N. The van der Waals surface area contributed by atoms with Gasteiger partial charge in [-0.3, -0.25) is 0 Å². The third-order valence-electron chi connectivity index (χ3n) is 2.99. The zero-order chi connectivity index (χ0) is 13.6. The van der Waals surface area contributed by atoms with Crippen LogP contribution in [0.2, 0.25) is 0 Å². The summed E-state index contributed by atoms with van der Waals surface area (Å²) in [5.41, 5.74) is 1.87. The van der Waals surface area contributed by atoms with Crippen LogP contribution in [0, 0.1) is 0 Å². The molecule has 1 rings (SSSR count). The second-order valence-electron chi connectivity index (χ2n) is 4.51. The molecule has 0 saturated carbocycles. The molecule has 0 amide bonds. The van der Waals surface area contributed by atoms with E-state index in [2.05, 4.69) is 12.2 Å². The van der Waals surface area contributed by atoms with Gasteiger partial charge in [0.15, 0.2) is 0 Å². The third-order valence-corrected chi connectivity index (χ3v) is 2.99. The summed E-state index contributed by atoms with van der Waals surface area (Å²) in [5.74, 6) is 0. The van der Waals surface area contributed by atoms with Crippen LogP contribution in [0.3, 0.4) is 0 Å². The standard InChI is InChI=1S/C14H20F3N/c1-3-4-5-11-6-8-12(9-7-11)13(18-2)10-14(15,16)17/h6-9,13,18H,3-5,10H2,1-2H3. The molecule has 0 aliphatic heterocycles. The van der Waals surface area contributed by atoms with Crippen molar-refractivity contribution >= 4 is 0 Å². The zero-order valence-corrected chi connectivity index (χ0v) is 10.8. The summed E-state index contributed by atoms with van der Waals surface area (Å²) >= 11 is 0. The molecule has 1 aromatic carbocycles. The van der Waals surface area contributed by atoms with Crippen molar-refractivity contribution in [2.45, 2.75) is 44.8 Å². The monoisotopic (exact) mass is 259 g/mol. The highest BCUT2D eigenvalue weighted by Gasteiger charge is 2.31. The number of unbranched alkanes of at least 4 members (excludes halogenated alkanes) is 1. The van der Waals surface area contributed by atoms with Crippen LogP contribution in [-0.4, -0.2) is 13.2 Å². The second kappa shape index (κ2) is 6.78. The number of hydrogen-bond donors (Lipinski definition) is 1. The first-order valence-electron chi connectivity index (χ1n) is 6.29. The highest BCUT2D eigenvalue weighted by Crippen LogP contribution is 2.29. The topological polar surface area (TPSA) is 12.0 Å². The minimum absolute atomic E-state index is 0.662. The summed E-state index contributed by atoms with van der Waals surface area (Å²) in [4.78, 5) is 0. The van der Waals surface area contributed by atoms with E-state index in [9.17, 15) is 13.2 Å². The first-order valence-corrected chi connectivity index (χ1v) is 6.29. The Balaban J connectivity index is 2.69. The summed E-state index contributed by atoms with van der Waals surface area (Å²) in [5, 5.41) is 2.72. The smallest absolute Gasteiger partial charge is 0.313 e. The lowest BCUT2D eigenvalue weighted by atomic mass is 10.0. The number of hydrogen-bond acceptors (Lipinski definition) is 1. The number of nitrogens with one attached hydrogen (secondary N) is 1. The van der Waals surface area contributed by atoms with Gasteiger partial charge in [-0.05, 0) is 31.0 Å². The Morgan fingerprint density at radius 1 is 1.17 bits per heavy atom. The highest BCUT2D eigenvalue weighted by molar-refractivity contribution is 5.25. The van der Waals surface area contributed by atoms with Gasteiger partial charge in [-0.2, -0.15) is 13.2 Å². The van der Waals surface area contributed by atoms with Crippen LogP contribution in [0.5, 0.6) is 0 Å². The number of aryl methyl sites for hydroxylation is 1. The Hall–Kier alpha value is -1.03. The average molecular weight is 259 g/mol. The second-order valence-corrected chi connectivity index (χ2v) is 4.51. The van der Waals surface area contributed by atoms with Crippen molar-refractivity contribution in [3.05, 3.63) is 35.4 Å². The maximum Gasteiger partial charge on any atom is 0.390 e. The predicted molar refractivity (Wildman–Crippen MR) is 67.5 cm³/mol. The third kappa shape index (κ3) is 5.08. The fraction of sp³-hybridized carbons (Fsp3) is 0.571. The van der Waals surface area contributed by atoms with Crippen molar-refractivity contribution in [2.24, 2.45) is 0 Å². The van der Waals surface area contributed by atoms with Gasteiger partial charge in [0.05, 0.1) is 6.42 Å². The number of alkyl halides is 3. The van der Waals surface area contributed by atoms with Gasteiger partial charge in [0.2, 0.25) is 0 Å². The Bertz CT molecular complexity index is 343. The van der Waals surface area contributed by atoms with Crippen LogP contribution in [0.4, 0.5) is 13.2 Å². The lowest BCUT2D eigenvalue weighted by Gasteiger charge is -2.18. The van der Waals surface area contributed by atoms with E-state index in [1.54, 1.807) is 19.2 Å². The maximum absolute atomic E-state index is 12.4. The van der Waals surface area contributed by atoms with Gasteiger partial charge in [0.25, 0.3) is 0 Å². The summed E-state index contributed by atoms with van der Waals surface area (Å²) < 4.78 is 37.2. The molecule has 0 spiro atoms. The molecule has 1 atom stereocenters. The van der Waals surface area contributed by atoms with E-state index >= 15 is 0 Å². The average Bonchev–Trinajstić information content (AvgIpc) is 2.33. The molecule has 0 radical (unpaired) electrons. The van der Waals surface area contributed by atoms with Gasteiger partial charge in [0.1, 0.15) is 0 Å². The van der Waals surface area contributed by atoms with Crippen molar-refractivity contribution in [3.63, 3.8) is 0 Å². The SMILES string of the molecule is CCCCc1ccc(C(CC(F)(F)F)NC)cc1. The molecule has 1 nitrogen and oxygen atoms in total. The Morgan fingerprint density at radius 2 is 1.78 bits per heavy atom. The van der Waals surface area contributed by atoms with Crippen LogP contribution in [0.1, 0.15) is 43.4 Å². The molecule has 4 heteroatoms. The van der Waals surface area contributed by atoms with Crippen LogP contribution < -0.4 is 5.32 Å². The van der Waals surface area contributed by atoms with E-state index in [1.165, 1.54) is 5.56 Å². The van der Waals surface area contributed by atoms with Crippen molar-refractivity contribution in [2.75, 3.05) is 7.05 Å². The number of rotatable bonds is 6. The quantitative estimate of drug-likeness (QED) is 0.805. The van der Waals surface area contributed by atoms with Crippen LogP contribution in [-0.2, 0) is 6.42 Å². The largest absolute Gasteiger partial charge is 0.390 e. The predicted octanol–water partition coefficient (Wildman–Crippen LogP) is 4.24. The van der Waals surface area contributed by atoms with E-state index in [4.69, 9.17) is 0 Å². The molecule has 0 heterocycles. The molecule has 0 aliphatic rings. The van der Waals surface area contributed by atoms with Gasteiger partial charge in [-0.25, -0.2) is 0 Å². The van der Waals surface area contributed by atoms with Crippen molar-refractivity contribution < 1.29 is 13.2 Å². The molecule has 102 valence electrons. The molecule has 1 N–H and O–H groups in total. The van der Waals surface area contributed by atoms with Gasteiger partial charge in [-0.1, -0.05) is 37.6 Å². The van der Waals surface area contributed by atoms with E-state index in [1.807, 2.05) is 12.1 Å². The number of halogens is 3. The molecule has 0 aromatic heterocycles. The first-order chi connectivity index (χ1) is 8.46. The maximum atomic E-state index is 12.4. The van der Waals surface area contributed by atoms with Gasteiger partial charge >= 0.3 is 6.18 Å². The van der Waals surface area contributed by atoms with Gasteiger partial charge < -0.3 is 5.32 Å². The highest BCUT2D eigenvalue weighted by atomic mass is 19.4. The van der Waals surface area contributed by atoms with Crippen LogP contribution in [0.15, 0.2) is 24.3 Å². The van der Waals surface area contributed by atoms with E-state index in [-0.39, 0.29) is 0 Å².